The summed E-state index contributed by atoms with van der Waals surface area (Å²) in [5.41, 5.74) is 1.37. The molecule has 0 bridgehead atoms. The number of nitriles is 1. The maximum Gasteiger partial charge on any atom is 0.161 e. The molecule has 1 aromatic heterocycles. The number of allylic oxidation sites excluding steroid dienone is 1. The Morgan fingerprint density at radius 1 is 1.19 bits per heavy atom. The van der Waals surface area contributed by atoms with Gasteiger partial charge in [0.1, 0.15) is 0 Å². The van der Waals surface area contributed by atoms with Crippen molar-refractivity contribution in [3.63, 3.8) is 0 Å². The Balaban J connectivity index is 1.83. The molecule has 0 atom stereocenters. The van der Waals surface area contributed by atoms with Crippen LogP contribution in [0.1, 0.15) is 23.3 Å². The number of hydrogen-bond acceptors (Lipinski definition) is 6. The fourth-order valence-corrected chi connectivity index (χ4v) is 4.00. The number of ether oxygens (including phenoxy) is 2. The minimum Gasteiger partial charge on any atom is -0.493 e. The Morgan fingerprint density at radius 2 is 1.92 bits per heavy atom. The number of aliphatic hydroxyl groups excluding tert-OH is 1. The first kappa shape index (κ1) is 18.3. The lowest BCUT2D eigenvalue weighted by atomic mass is 10.1. The van der Waals surface area contributed by atoms with Gasteiger partial charge in [-0.1, -0.05) is 0 Å². The number of aliphatic hydroxyl groups is 1. The summed E-state index contributed by atoms with van der Waals surface area (Å²) in [5.74, 6) is 1.24. The predicted molar refractivity (Wildman–Crippen MR) is 105 cm³/mol. The number of hydrogen-bond donors (Lipinski definition) is 1. The molecular weight excluding hydrogens is 348 g/mol. The summed E-state index contributed by atoms with van der Waals surface area (Å²) >= 11 is 1.66. The average molecular weight is 370 g/mol. The van der Waals surface area contributed by atoms with Crippen LogP contribution in [-0.4, -0.2) is 38.5 Å². The van der Waals surface area contributed by atoms with Crippen LogP contribution in [0.5, 0.6) is 11.5 Å². The lowest BCUT2D eigenvalue weighted by Crippen LogP contribution is -2.35. The molecule has 0 amide bonds. The fourth-order valence-electron chi connectivity index (χ4n) is 3.00. The Kier molecular flexibility index (Phi) is 5.82. The molecule has 1 aliphatic heterocycles. The molecule has 1 saturated heterocycles. The van der Waals surface area contributed by atoms with Gasteiger partial charge in [-0.2, -0.15) is 5.26 Å². The maximum atomic E-state index is 9.65. The van der Waals surface area contributed by atoms with Crippen LogP contribution in [0.15, 0.2) is 30.3 Å². The molecule has 2 aromatic rings. The van der Waals surface area contributed by atoms with E-state index in [1.807, 2.05) is 24.3 Å². The van der Waals surface area contributed by atoms with Gasteiger partial charge >= 0.3 is 0 Å². The third-order valence-corrected chi connectivity index (χ3v) is 5.58. The number of rotatable bonds is 5. The molecule has 0 aliphatic carbocycles. The Morgan fingerprint density at radius 3 is 2.58 bits per heavy atom. The highest BCUT2D eigenvalue weighted by Crippen LogP contribution is 2.33. The Hall–Kier alpha value is -2.49. The van der Waals surface area contributed by atoms with Crippen molar-refractivity contribution in [3.8, 4) is 17.6 Å². The lowest BCUT2D eigenvalue weighted by Gasteiger charge is -2.30. The lowest BCUT2D eigenvalue weighted by molar-refractivity contribution is 0.145. The topological polar surface area (TPSA) is 65.7 Å². The van der Waals surface area contributed by atoms with Gasteiger partial charge in [-0.15, -0.1) is 11.3 Å². The van der Waals surface area contributed by atoms with Gasteiger partial charge in [0.15, 0.2) is 11.5 Å². The van der Waals surface area contributed by atoms with E-state index in [4.69, 9.17) is 9.47 Å². The van der Waals surface area contributed by atoms with Gasteiger partial charge in [-0.05, 0) is 54.8 Å². The van der Waals surface area contributed by atoms with Gasteiger partial charge in [0.25, 0.3) is 0 Å². The number of nitrogens with zero attached hydrogens (tertiary/aromatic N) is 2. The zero-order chi connectivity index (χ0) is 18.5. The normalized spacial score (nSPS) is 15.6. The molecule has 0 radical (unpaired) electrons. The molecule has 5 nitrogen and oxygen atoms in total. The van der Waals surface area contributed by atoms with Crippen LogP contribution in [0.4, 0.5) is 5.00 Å². The zero-order valence-electron chi connectivity index (χ0n) is 14.9. The number of thiophene rings is 1. The second-order valence-corrected chi connectivity index (χ2v) is 7.23. The average Bonchev–Trinajstić information content (AvgIpc) is 3.14. The van der Waals surface area contributed by atoms with E-state index < -0.39 is 0 Å². The fraction of sp³-hybridized carbons (Fsp3) is 0.350. The molecule has 0 saturated carbocycles. The van der Waals surface area contributed by atoms with Crippen molar-refractivity contribution < 1.29 is 14.6 Å². The van der Waals surface area contributed by atoms with E-state index in [2.05, 4.69) is 17.0 Å². The van der Waals surface area contributed by atoms with E-state index in [9.17, 15) is 10.4 Å². The van der Waals surface area contributed by atoms with Crippen LogP contribution in [-0.2, 0) is 0 Å². The molecular formula is C20H22N2O3S. The molecule has 0 unspecified atom stereocenters. The number of methoxy groups -OCH3 is 2. The van der Waals surface area contributed by atoms with Crippen molar-refractivity contribution in [2.24, 2.45) is 0 Å². The van der Waals surface area contributed by atoms with Crippen molar-refractivity contribution in [1.82, 2.24) is 0 Å². The van der Waals surface area contributed by atoms with E-state index in [-0.39, 0.29) is 6.10 Å². The van der Waals surface area contributed by atoms with Gasteiger partial charge in [-0.3, -0.25) is 0 Å². The highest BCUT2D eigenvalue weighted by molar-refractivity contribution is 7.17. The van der Waals surface area contributed by atoms with Crippen molar-refractivity contribution in [3.05, 3.63) is 40.8 Å². The largest absolute Gasteiger partial charge is 0.493 e. The minimum absolute atomic E-state index is 0.180. The van der Waals surface area contributed by atoms with Gasteiger partial charge < -0.3 is 19.5 Å². The van der Waals surface area contributed by atoms with Crippen molar-refractivity contribution in [2.45, 2.75) is 18.9 Å². The molecule has 2 heterocycles. The number of anilines is 1. The highest BCUT2D eigenvalue weighted by Gasteiger charge is 2.18. The SMILES string of the molecule is COc1ccc(C(C#N)=Cc2ccc(N3CCC(O)CC3)s2)cc1OC. The highest BCUT2D eigenvalue weighted by atomic mass is 32.1. The van der Waals surface area contributed by atoms with Crippen LogP contribution in [0.3, 0.4) is 0 Å². The Bertz CT molecular complexity index is 830. The summed E-state index contributed by atoms with van der Waals surface area (Å²) in [6.07, 6.45) is 3.32. The van der Waals surface area contributed by atoms with Crippen LogP contribution < -0.4 is 14.4 Å². The number of piperidine rings is 1. The van der Waals surface area contributed by atoms with E-state index in [1.165, 1.54) is 5.00 Å². The number of benzene rings is 1. The van der Waals surface area contributed by atoms with Gasteiger partial charge in [0, 0.05) is 18.0 Å². The summed E-state index contributed by atoms with van der Waals surface area (Å²) in [6.45, 7) is 1.73. The molecule has 1 N–H and O–H groups in total. The molecule has 3 rings (SSSR count). The standard InChI is InChI=1S/C20H22N2O3S/c1-24-18-5-3-14(12-19(18)25-2)15(13-21)11-17-4-6-20(26-17)22-9-7-16(23)8-10-22/h3-6,11-12,16,23H,7-10H2,1-2H3. The smallest absolute Gasteiger partial charge is 0.161 e. The molecule has 136 valence electrons. The first-order chi connectivity index (χ1) is 12.6. The van der Waals surface area contributed by atoms with Crippen LogP contribution >= 0.6 is 11.3 Å². The first-order valence-corrected chi connectivity index (χ1v) is 9.33. The molecule has 0 spiro atoms. The maximum absolute atomic E-state index is 9.65. The summed E-state index contributed by atoms with van der Waals surface area (Å²) in [7, 11) is 3.17. The molecule has 1 aromatic carbocycles. The van der Waals surface area contributed by atoms with E-state index in [1.54, 1.807) is 31.6 Å². The summed E-state index contributed by atoms with van der Waals surface area (Å²) < 4.78 is 10.6. The van der Waals surface area contributed by atoms with E-state index in [0.717, 1.165) is 36.4 Å². The van der Waals surface area contributed by atoms with Gasteiger partial charge in [0.05, 0.1) is 37.0 Å². The second kappa shape index (κ2) is 8.26. The molecule has 26 heavy (non-hydrogen) atoms. The zero-order valence-corrected chi connectivity index (χ0v) is 15.8. The first-order valence-electron chi connectivity index (χ1n) is 8.51. The minimum atomic E-state index is -0.180. The Labute approximate surface area is 157 Å². The summed E-state index contributed by atoms with van der Waals surface area (Å²) in [5, 5.41) is 20.4. The quantitative estimate of drug-likeness (QED) is 0.811. The summed E-state index contributed by atoms with van der Waals surface area (Å²) in [6, 6.07) is 11.9. The van der Waals surface area contributed by atoms with Gasteiger partial charge in [0.2, 0.25) is 0 Å². The van der Waals surface area contributed by atoms with Gasteiger partial charge in [-0.25, -0.2) is 0 Å². The van der Waals surface area contributed by atoms with E-state index >= 15 is 0 Å². The molecule has 1 fully saturated rings. The van der Waals surface area contributed by atoms with E-state index in [0.29, 0.717) is 17.1 Å². The summed E-state index contributed by atoms with van der Waals surface area (Å²) in [4.78, 5) is 3.31. The molecule has 6 heteroatoms. The third kappa shape index (κ3) is 4.01. The molecule has 1 aliphatic rings. The van der Waals surface area contributed by atoms with Crippen LogP contribution in [0.2, 0.25) is 0 Å². The van der Waals surface area contributed by atoms with Crippen molar-refractivity contribution in [1.29, 1.82) is 5.26 Å². The third-order valence-electron chi connectivity index (χ3n) is 4.49. The van der Waals surface area contributed by atoms with Crippen LogP contribution in [0.25, 0.3) is 11.6 Å². The predicted octanol–water partition coefficient (Wildman–Crippen LogP) is 3.79. The van der Waals surface area contributed by atoms with Crippen LogP contribution in [0, 0.1) is 11.3 Å². The van der Waals surface area contributed by atoms with Crippen molar-refractivity contribution in [2.75, 3.05) is 32.2 Å². The second-order valence-electron chi connectivity index (χ2n) is 6.13. The monoisotopic (exact) mass is 370 g/mol. The van der Waals surface area contributed by atoms with Crippen molar-refractivity contribution >= 4 is 28.0 Å².